The van der Waals surface area contributed by atoms with Crippen molar-refractivity contribution in [1.29, 1.82) is 0 Å². The fourth-order valence-electron chi connectivity index (χ4n) is 1.09. The van der Waals surface area contributed by atoms with Gasteiger partial charge in [0.15, 0.2) is 0 Å². The lowest BCUT2D eigenvalue weighted by Gasteiger charge is -2.07. The quantitative estimate of drug-likeness (QED) is 0.807. The molecule has 0 radical (unpaired) electrons. The molecule has 1 rings (SSSR count). The molecular weight excluding hydrogens is 226 g/mol. The fourth-order valence-corrected chi connectivity index (χ4v) is 2.14. The molecule has 0 aliphatic carbocycles. The number of benzene rings is 1. The van der Waals surface area contributed by atoms with E-state index in [1.165, 1.54) is 6.08 Å². The molecule has 16 heavy (non-hydrogen) atoms. The van der Waals surface area contributed by atoms with E-state index in [2.05, 4.69) is 4.72 Å². The van der Waals surface area contributed by atoms with Crippen molar-refractivity contribution in [3.05, 3.63) is 41.3 Å². The Morgan fingerprint density at radius 3 is 2.56 bits per heavy atom. The molecule has 0 aliphatic heterocycles. The molecule has 1 aromatic carbocycles. The van der Waals surface area contributed by atoms with E-state index in [1.807, 2.05) is 30.3 Å². The second-order valence-corrected chi connectivity index (χ2v) is 5.06. The first kappa shape index (κ1) is 12.9. The molecule has 2 N–H and O–H groups in total. The first-order valence-electron chi connectivity index (χ1n) is 4.90. The van der Waals surface area contributed by atoms with Crippen LogP contribution in [0.25, 0.3) is 6.08 Å². The van der Waals surface area contributed by atoms with Gasteiger partial charge in [0, 0.05) is 11.4 Å². The van der Waals surface area contributed by atoms with E-state index in [9.17, 15) is 8.42 Å². The van der Waals surface area contributed by atoms with E-state index in [-0.39, 0.29) is 6.61 Å². The van der Waals surface area contributed by atoms with Crippen molar-refractivity contribution in [2.45, 2.75) is 13.0 Å². The van der Waals surface area contributed by atoms with Gasteiger partial charge in [-0.05, 0) is 18.6 Å². The van der Waals surface area contributed by atoms with E-state index in [0.717, 1.165) is 11.0 Å². The maximum Gasteiger partial charge on any atom is 0.234 e. The second-order valence-electron chi connectivity index (χ2n) is 3.46. The van der Waals surface area contributed by atoms with Gasteiger partial charge in [-0.15, -0.1) is 0 Å². The number of hydrogen-bond acceptors (Lipinski definition) is 3. The number of rotatable bonds is 5. The minimum Gasteiger partial charge on any atom is -0.395 e. The van der Waals surface area contributed by atoms with E-state index in [1.54, 1.807) is 6.92 Å². The molecule has 0 aromatic heterocycles. The van der Waals surface area contributed by atoms with E-state index in [0.29, 0.717) is 0 Å². The van der Waals surface area contributed by atoms with Gasteiger partial charge in [0.1, 0.15) is 0 Å². The van der Waals surface area contributed by atoms with Crippen LogP contribution in [0.1, 0.15) is 12.5 Å². The topological polar surface area (TPSA) is 66.4 Å². The summed E-state index contributed by atoms with van der Waals surface area (Å²) >= 11 is 0. The number of sulfonamides is 1. The minimum absolute atomic E-state index is 0.224. The van der Waals surface area contributed by atoms with Gasteiger partial charge in [0.25, 0.3) is 0 Å². The summed E-state index contributed by atoms with van der Waals surface area (Å²) in [6.45, 7) is 1.37. The standard InChI is InChI=1S/C11H15NO3S/c1-10(9-13)12-16(14,15)8-7-11-5-3-2-4-6-11/h2-8,10,12-13H,9H2,1H3/b8-7+/t10-/m0/s1. The summed E-state index contributed by atoms with van der Waals surface area (Å²) in [6, 6.07) is 8.65. The first-order valence-corrected chi connectivity index (χ1v) is 6.44. The third-order valence-corrected chi connectivity index (χ3v) is 3.10. The Bertz CT molecular complexity index is 440. The highest BCUT2D eigenvalue weighted by atomic mass is 32.2. The zero-order valence-corrected chi connectivity index (χ0v) is 9.81. The fraction of sp³-hybridized carbons (Fsp3) is 0.273. The zero-order chi connectivity index (χ0) is 12.0. The molecule has 0 heterocycles. The molecule has 1 aromatic rings. The maximum absolute atomic E-state index is 11.5. The van der Waals surface area contributed by atoms with E-state index < -0.39 is 16.1 Å². The molecule has 0 bridgehead atoms. The van der Waals surface area contributed by atoms with Crippen molar-refractivity contribution in [3.8, 4) is 0 Å². The summed E-state index contributed by atoms with van der Waals surface area (Å²) in [5, 5.41) is 9.82. The van der Waals surface area contributed by atoms with Gasteiger partial charge < -0.3 is 5.11 Å². The van der Waals surface area contributed by atoms with Crippen LogP contribution in [-0.2, 0) is 10.0 Å². The molecule has 0 aliphatic rings. The zero-order valence-electron chi connectivity index (χ0n) is 9.00. The predicted octanol–water partition coefficient (Wildman–Crippen LogP) is 0.958. The van der Waals surface area contributed by atoms with Crippen LogP contribution in [0.15, 0.2) is 35.7 Å². The van der Waals surface area contributed by atoms with Crippen LogP contribution in [0, 0.1) is 0 Å². The van der Waals surface area contributed by atoms with Gasteiger partial charge in [0.05, 0.1) is 6.61 Å². The Labute approximate surface area is 95.7 Å². The minimum atomic E-state index is -3.48. The molecular formula is C11H15NO3S. The molecule has 4 nitrogen and oxygen atoms in total. The molecule has 1 atom stereocenters. The summed E-state index contributed by atoms with van der Waals surface area (Å²) in [7, 11) is -3.48. The van der Waals surface area contributed by atoms with Crippen molar-refractivity contribution in [2.75, 3.05) is 6.61 Å². The Balaban J connectivity index is 2.70. The lowest BCUT2D eigenvalue weighted by atomic mass is 10.2. The van der Waals surface area contributed by atoms with Gasteiger partial charge in [-0.25, -0.2) is 13.1 Å². The number of aliphatic hydroxyl groups is 1. The number of nitrogens with one attached hydrogen (secondary N) is 1. The van der Waals surface area contributed by atoms with Gasteiger partial charge in [-0.3, -0.25) is 0 Å². The van der Waals surface area contributed by atoms with Crippen LogP contribution in [0.3, 0.4) is 0 Å². The van der Waals surface area contributed by atoms with Crippen molar-refractivity contribution >= 4 is 16.1 Å². The molecule has 0 saturated carbocycles. The third-order valence-electron chi connectivity index (χ3n) is 1.88. The van der Waals surface area contributed by atoms with Crippen LogP contribution in [-0.4, -0.2) is 26.2 Å². The highest BCUT2D eigenvalue weighted by Gasteiger charge is 2.09. The van der Waals surface area contributed by atoms with Crippen LogP contribution in [0.5, 0.6) is 0 Å². The Morgan fingerprint density at radius 2 is 2.00 bits per heavy atom. The monoisotopic (exact) mass is 241 g/mol. The molecule has 0 unspecified atom stereocenters. The van der Waals surface area contributed by atoms with E-state index in [4.69, 9.17) is 5.11 Å². The van der Waals surface area contributed by atoms with E-state index >= 15 is 0 Å². The lowest BCUT2D eigenvalue weighted by Crippen LogP contribution is -2.33. The largest absolute Gasteiger partial charge is 0.395 e. The van der Waals surface area contributed by atoms with Crippen molar-refractivity contribution in [1.82, 2.24) is 4.72 Å². The SMILES string of the molecule is C[C@@H](CO)NS(=O)(=O)/C=C/c1ccccc1. The molecule has 0 fully saturated rings. The normalized spacial score (nSPS) is 14.1. The first-order chi connectivity index (χ1) is 7.53. The van der Waals surface area contributed by atoms with Crippen molar-refractivity contribution in [3.63, 3.8) is 0 Å². The summed E-state index contributed by atoms with van der Waals surface area (Å²) in [5.74, 6) is 0. The Kier molecular flexibility index (Phi) is 4.67. The molecule has 0 spiro atoms. The summed E-state index contributed by atoms with van der Waals surface area (Å²) in [5.41, 5.74) is 0.810. The number of aliphatic hydroxyl groups excluding tert-OH is 1. The van der Waals surface area contributed by atoms with Crippen LogP contribution < -0.4 is 4.72 Å². The summed E-state index contributed by atoms with van der Waals surface area (Å²) in [6.07, 6.45) is 1.51. The average Bonchev–Trinajstić information content (AvgIpc) is 2.27. The second kappa shape index (κ2) is 5.79. The predicted molar refractivity (Wildman–Crippen MR) is 64.1 cm³/mol. The van der Waals surface area contributed by atoms with Crippen molar-refractivity contribution in [2.24, 2.45) is 0 Å². The summed E-state index contributed by atoms with van der Waals surface area (Å²) < 4.78 is 25.2. The summed E-state index contributed by atoms with van der Waals surface area (Å²) in [4.78, 5) is 0. The average molecular weight is 241 g/mol. The molecule has 5 heteroatoms. The smallest absolute Gasteiger partial charge is 0.234 e. The van der Waals surface area contributed by atoms with Crippen LogP contribution >= 0.6 is 0 Å². The Hall–Kier alpha value is -1.17. The van der Waals surface area contributed by atoms with Gasteiger partial charge in [-0.2, -0.15) is 0 Å². The highest BCUT2D eigenvalue weighted by molar-refractivity contribution is 7.92. The molecule has 0 saturated heterocycles. The van der Waals surface area contributed by atoms with Gasteiger partial charge in [-0.1, -0.05) is 30.3 Å². The van der Waals surface area contributed by atoms with Crippen molar-refractivity contribution < 1.29 is 13.5 Å². The molecule has 88 valence electrons. The molecule has 0 amide bonds. The van der Waals surface area contributed by atoms with Gasteiger partial charge >= 0.3 is 0 Å². The maximum atomic E-state index is 11.5. The lowest BCUT2D eigenvalue weighted by molar-refractivity contribution is 0.265. The van der Waals surface area contributed by atoms with Crippen LogP contribution in [0.2, 0.25) is 0 Å². The highest BCUT2D eigenvalue weighted by Crippen LogP contribution is 2.02. The third kappa shape index (κ3) is 4.57. The van der Waals surface area contributed by atoms with Gasteiger partial charge in [0.2, 0.25) is 10.0 Å². The number of hydrogen-bond donors (Lipinski definition) is 2. The van der Waals surface area contributed by atoms with Crippen LogP contribution in [0.4, 0.5) is 0 Å². The Morgan fingerprint density at radius 1 is 1.38 bits per heavy atom.